The third kappa shape index (κ3) is 3.16. The largest absolute Gasteiger partial charge is 0.478 e. The molecule has 2 aromatic carbocycles. The summed E-state index contributed by atoms with van der Waals surface area (Å²) in [5.74, 6) is -0.528. The van der Waals surface area contributed by atoms with Crippen molar-refractivity contribution in [2.45, 2.75) is 26.7 Å². The van der Waals surface area contributed by atoms with E-state index >= 15 is 0 Å². The highest BCUT2D eigenvalue weighted by Crippen LogP contribution is 2.31. The number of benzene rings is 2. The Morgan fingerprint density at radius 1 is 1.04 bits per heavy atom. The number of aryl methyl sites for hydroxylation is 1. The van der Waals surface area contributed by atoms with Crippen molar-refractivity contribution in [3.63, 3.8) is 0 Å². The number of fused-ring (bicyclic) bond motifs is 1. The van der Waals surface area contributed by atoms with Crippen molar-refractivity contribution in [1.29, 1.82) is 0 Å². The van der Waals surface area contributed by atoms with E-state index in [4.69, 9.17) is 0 Å². The van der Waals surface area contributed by atoms with Crippen LogP contribution in [0.3, 0.4) is 0 Å². The second-order valence-corrected chi connectivity index (χ2v) is 7.29. The fourth-order valence-corrected chi connectivity index (χ4v) is 3.30. The molecule has 2 heterocycles. The van der Waals surface area contributed by atoms with Gasteiger partial charge in [0.2, 0.25) is 0 Å². The molecule has 5 nitrogen and oxygen atoms in total. The molecular weight excluding hydrogens is 350 g/mol. The van der Waals surface area contributed by atoms with Gasteiger partial charge in [-0.2, -0.15) is 5.10 Å². The highest BCUT2D eigenvalue weighted by molar-refractivity contribution is 6.01. The van der Waals surface area contributed by atoms with Crippen molar-refractivity contribution in [1.82, 2.24) is 14.8 Å². The van der Waals surface area contributed by atoms with E-state index in [1.54, 1.807) is 29.2 Å². The number of carboxylic acids is 1. The molecule has 0 atom stereocenters. The number of hydrogen-bond acceptors (Lipinski definition) is 3. The van der Waals surface area contributed by atoms with E-state index in [2.05, 4.69) is 36.1 Å². The van der Waals surface area contributed by atoms with Crippen molar-refractivity contribution >= 4 is 16.9 Å². The smallest absolute Gasteiger partial charge is 0.335 e. The lowest BCUT2D eigenvalue weighted by Gasteiger charge is -2.10. The molecule has 140 valence electrons. The highest BCUT2D eigenvalue weighted by atomic mass is 16.4. The Labute approximate surface area is 163 Å². The first kappa shape index (κ1) is 17.9. The maximum Gasteiger partial charge on any atom is 0.335 e. The fourth-order valence-electron chi connectivity index (χ4n) is 3.30. The first-order valence-electron chi connectivity index (χ1n) is 9.22. The minimum atomic E-state index is -0.974. The summed E-state index contributed by atoms with van der Waals surface area (Å²) >= 11 is 0. The molecule has 5 heteroatoms. The van der Waals surface area contributed by atoms with Gasteiger partial charge in [0.15, 0.2) is 0 Å². The van der Waals surface area contributed by atoms with Crippen molar-refractivity contribution < 1.29 is 9.90 Å². The van der Waals surface area contributed by atoms with Gasteiger partial charge in [0.1, 0.15) is 0 Å². The molecule has 0 aliphatic carbocycles. The Balaban J connectivity index is 1.92. The van der Waals surface area contributed by atoms with Gasteiger partial charge in [-0.25, -0.2) is 9.48 Å². The molecule has 1 N–H and O–H groups in total. The van der Waals surface area contributed by atoms with Gasteiger partial charge >= 0.3 is 5.97 Å². The lowest BCUT2D eigenvalue weighted by atomic mass is 10.0. The second-order valence-electron chi connectivity index (χ2n) is 7.29. The molecule has 0 spiro atoms. The van der Waals surface area contributed by atoms with Gasteiger partial charge in [-0.3, -0.25) is 4.98 Å². The van der Waals surface area contributed by atoms with Gasteiger partial charge in [-0.1, -0.05) is 32.0 Å². The molecule has 4 rings (SSSR count). The first-order chi connectivity index (χ1) is 13.4. The summed E-state index contributed by atoms with van der Waals surface area (Å²) in [4.78, 5) is 16.2. The summed E-state index contributed by atoms with van der Waals surface area (Å²) < 4.78 is 1.78. The van der Waals surface area contributed by atoms with Gasteiger partial charge in [0.05, 0.1) is 28.7 Å². The number of aromatic carboxylic acids is 1. The quantitative estimate of drug-likeness (QED) is 0.534. The average molecular weight is 371 g/mol. The van der Waals surface area contributed by atoms with E-state index in [9.17, 15) is 9.90 Å². The van der Waals surface area contributed by atoms with Crippen LogP contribution in [0.25, 0.3) is 27.8 Å². The molecule has 0 aliphatic rings. The van der Waals surface area contributed by atoms with Crippen molar-refractivity contribution in [3.8, 4) is 16.9 Å². The molecule has 0 aliphatic heterocycles. The molecular formula is C23H21N3O2. The number of hydrogen-bond donors (Lipinski definition) is 1. The lowest BCUT2D eigenvalue weighted by Crippen LogP contribution is -2.01. The molecule has 0 saturated carbocycles. The summed E-state index contributed by atoms with van der Waals surface area (Å²) in [5, 5.41) is 15.0. The minimum absolute atomic E-state index is 0.213. The predicted molar refractivity (Wildman–Crippen MR) is 110 cm³/mol. The molecule has 0 amide bonds. The van der Waals surface area contributed by atoms with Crippen molar-refractivity contribution in [2.75, 3.05) is 0 Å². The maximum atomic E-state index is 11.7. The molecule has 0 unspecified atom stereocenters. The summed E-state index contributed by atoms with van der Waals surface area (Å²) in [7, 11) is 0. The first-order valence-corrected chi connectivity index (χ1v) is 9.22. The highest BCUT2D eigenvalue weighted by Gasteiger charge is 2.16. The summed E-state index contributed by atoms with van der Waals surface area (Å²) in [5.41, 5.74) is 5.64. The minimum Gasteiger partial charge on any atom is -0.478 e. The van der Waals surface area contributed by atoms with E-state index in [1.165, 1.54) is 5.56 Å². The van der Waals surface area contributed by atoms with E-state index in [0.717, 1.165) is 33.4 Å². The zero-order valence-corrected chi connectivity index (χ0v) is 16.0. The van der Waals surface area contributed by atoms with E-state index < -0.39 is 5.97 Å². The van der Waals surface area contributed by atoms with Crippen LogP contribution in [-0.4, -0.2) is 25.8 Å². The zero-order valence-electron chi connectivity index (χ0n) is 16.0. The standard InChI is InChI=1S/C23H21N3O2/c1-14(2)16-5-7-18(8-6-16)26-22-11-17(23(27)28)10-19(20(22)13-25-26)21-9-4-15(3)12-24-21/h4-14H,1-3H3,(H,27,28). The Hall–Kier alpha value is -3.47. The predicted octanol–water partition coefficient (Wildman–Crippen LogP) is 5.22. The van der Waals surface area contributed by atoms with E-state index in [-0.39, 0.29) is 5.56 Å². The third-order valence-electron chi connectivity index (χ3n) is 4.93. The molecule has 4 aromatic rings. The van der Waals surface area contributed by atoms with E-state index in [1.807, 2.05) is 31.2 Å². The topological polar surface area (TPSA) is 68.0 Å². The normalized spacial score (nSPS) is 11.3. The van der Waals surface area contributed by atoms with Crippen LogP contribution in [0.5, 0.6) is 0 Å². The van der Waals surface area contributed by atoms with Crippen LogP contribution in [0.1, 0.15) is 41.3 Å². The summed E-state index contributed by atoms with van der Waals surface area (Å²) in [6.07, 6.45) is 3.55. The SMILES string of the molecule is Cc1ccc(-c2cc(C(=O)O)cc3c2cnn3-c2ccc(C(C)C)cc2)nc1. The van der Waals surface area contributed by atoms with Gasteiger partial charge in [0.25, 0.3) is 0 Å². The van der Waals surface area contributed by atoms with Crippen LogP contribution < -0.4 is 0 Å². The van der Waals surface area contributed by atoms with Crippen LogP contribution in [0, 0.1) is 6.92 Å². The molecule has 0 radical (unpaired) electrons. The maximum absolute atomic E-state index is 11.7. The number of nitrogens with zero attached hydrogens (tertiary/aromatic N) is 3. The number of pyridine rings is 1. The lowest BCUT2D eigenvalue weighted by molar-refractivity contribution is 0.0697. The van der Waals surface area contributed by atoms with Crippen molar-refractivity contribution in [2.24, 2.45) is 0 Å². The Morgan fingerprint density at radius 2 is 1.79 bits per heavy atom. The molecule has 28 heavy (non-hydrogen) atoms. The monoisotopic (exact) mass is 371 g/mol. The van der Waals surface area contributed by atoms with Gasteiger partial charge in [-0.05, 0) is 54.3 Å². The fraction of sp³-hybridized carbons (Fsp3) is 0.174. The molecule has 2 aromatic heterocycles. The van der Waals surface area contributed by atoms with Crippen LogP contribution in [0.2, 0.25) is 0 Å². The van der Waals surface area contributed by atoms with Crippen LogP contribution in [-0.2, 0) is 0 Å². The number of rotatable bonds is 4. The number of carbonyl (C=O) groups is 1. The van der Waals surface area contributed by atoms with Crippen LogP contribution in [0.15, 0.2) is 60.9 Å². The average Bonchev–Trinajstić information content (AvgIpc) is 3.12. The van der Waals surface area contributed by atoms with Crippen LogP contribution >= 0.6 is 0 Å². The van der Waals surface area contributed by atoms with Gasteiger partial charge in [0, 0.05) is 17.1 Å². The molecule has 0 bridgehead atoms. The Kier molecular flexibility index (Phi) is 4.43. The summed E-state index contributed by atoms with van der Waals surface area (Å²) in [6.45, 7) is 6.27. The van der Waals surface area contributed by atoms with Crippen molar-refractivity contribution in [3.05, 3.63) is 77.6 Å². The number of aromatic nitrogens is 3. The summed E-state index contributed by atoms with van der Waals surface area (Å²) in [6, 6.07) is 15.4. The molecule has 0 fully saturated rings. The Morgan fingerprint density at radius 3 is 2.39 bits per heavy atom. The Bertz CT molecular complexity index is 1160. The van der Waals surface area contributed by atoms with E-state index in [0.29, 0.717) is 5.92 Å². The zero-order chi connectivity index (χ0) is 19.8. The molecule has 0 saturated heterocycles. The van der Waals surface area contributed by atoms with Gasteiger partial charge < -0.3 is 5.11 Å². The number of carboxylic acid groups (broad SMARTS) is 1. The second kappa shape index (κ2) is 6.93. The van der Waals surface area contributed by atoms with Crippen LogP contribution in [0.4, 0.5) is 0 Å². The van der Waals surface area contributed by atoms with Gasteiger partial charge in [-0.15, -0.1) is 0 Å². The third-order valence-corrected chi connectivity index (χ3v) is 4.93.